The predicted octanol–water partition coefficient (Wildman–Crippen LogP) is 4.01. The van der Waals surface area contributed by atoms with Crippen molar-refractivity contribution in [3.63, 3.8) is 0 Å². The van der Waals surface area contributed by atoms with E-state index in [0.29, 0.717) is 16.4 Å². The second-order valence-corrected chi connectivity index (χ2v) is 5.77. The Bertz CT molecular complexity index is 990. The lowest BCUT2D eigenvalue weighted by Crippen LogP contribution is -2.30. The van der Waals surface area contributed by atoms with E-state index in [0.717, 1.165) is 12.1 Å². The molecule has 5 nitrogen and oxygen atoms in total. The van der Waals surface area contributed by atoms with Gasteiger partial charge in [-0.25, -0.2) is 17.9 Å². The first-order chi connectivity index (χ1) is 12.4. The fourth-order valence-electron chi connectivity index (χ4n) is 2.31. The summed E-state index contributed by atoms with van der Waals surface area (Å²) in [6.45, 7) is 1.67. The summed E-state index contributed by atoms with van der Waals surface area (Å²) in [6, 6.07) is 8.61. The van der Waals surface area contributed by atoms with Crippen molar-refractivity contribution in [3.8, 4) is 5.69 Å². The summed E-state index contributed by atoms with van der Waals surface area (Å²) in [6.07, 6.45) is 1.33. The lowest BCUT2D eigenvalue weighted by Gasteiger charge is -2.10. The average molecular weight is 381 g/mol. The van der Waals surface area contributed by atoms with E-state index in [-0.39, 0.29) is 5.56 Å². The summed E-state index contributed by atoms with van der Waals surface area (Å²) < 4.78 is 41.2. The van der Waals surface area contributed by atoms with E-state index in [4.69, 9.17) is 11.6 Å². The Morgan fingerprint density at radius 3 is 2.65 bits per heavy atom. The highest BCUT2D eigenvalue weighted by Crippen LogP contribution is 2.20. The Morgan fingerprint density at radius 2 is 1.92 bits per heavy atom. The molecular formula is C17H12ClF3N4O. The molecule has 0 unspecified atom stereocenters. The molecule has 1 amide bonds. The van der Waals surface area contributed by atoms with E-state index in [1.807, 2.05) is 0 Å². The van der Waals surface area contributed by atoms with Crippen LogP contribution in [0.15, 0.2) is 42.6 Å². The second kappa shape index (κ2) is 7.09. The highest BCUT2D eigenvalue weighted by atomic mass is 35.5. The first kappa shape index (κ1) is 17.8. The Kier molecular flexibility index (Phi) is 4.85. The molecule has 0 aliphatic carbocycles. The number of nitrogens with zero attached hydrogens (tertiary/aromatic N) is 2. The van der Waals surface area contributed by atoms with Crippen LogP contribution in [0.5, 0.6) is 0 Å². The molecule has 3 rings (SSSR count). The van der Waals surface area contributed by atoms with Gasteiger partial charge in [-0.1, -0.05) is 17.7 Å². The van der Waals surface area contributed by atoms with Crippen LogP contribution in [-0.4, -0.2) is 15.7 Å². The van der Waals surface area contributed by atoms with Crippen LogP contribution in [-0.2, 0) is 0 Å². The maximum absolute atomic E-state index is 13.6. The molecule has 3 aromatic rings. The number of rotatable bonds is 4. The third-order valence-electron chi connectivity index (χ3n) is 3.65. The van der Waals surface area contributed by atoms with Gasteiger partial charge in [0.05, 0.1) is 28.8 Å². The van der Waals surface area contributed by atoms with Crippen LogP contribution in [0.25, 0.3) is 5.69 Å². The summed E-state index contributed by atoms with van der Waals surface area (Å²) in [4.78, 5) is 12.3. The molecule has 0 saturated carbocycles. The van der Waals surface area contributed by atoms with Gasteiger partial charge in [-0.15, -0.1) is 0 Å². The molecule has 0 spiro atoms. The lowest BCUT2D eigenvalue weighted by molar-refractivity contribution is 0.0962. The number of carbonyl (C=O) groups is 1. The standard InChI is InChI=1S/C17H12ClF3N4O/c1-9-12(8-22-25(9)11-4-2-3-10(18)7-11)17(26)24-23-14-6-5-13(19)15(20)16(14)21/h2-8,23H,1H3,(H,24,26). The van der Waals surface area contributed by atoms with Crippen LogP contribution in [0, 0.1) is 24.4 Å². The first-order valence-electron chi connectivity index (χ1n) is 7.39. The number of halogens is 4. The Morgan fingerprint density at radius 1 is 1.15 bits per heavy atom. The number of anilines is 1. The van der Waals surface area contributed by atoms with E-state index >= 15 is 0 Å². The molecule has 26 heavy (non-hydrogen) atoms. The summed E-state index contributed by atoms with van der Waals surface area (Å²) in [7, 11) is 0. The molecule has 9 heteroatoms. The van der Waals surface area contributed by atoms with Crippen molar-refractivity contribution in [3.05, 3.63) is 76.3 Å². The second-order valence-electron chi connectivity index (χ2n) is 5.34. The number of hydrogen-bond donors (Lipinski definition) is 2. The van der Waals surface area contributed by atoms with Crippen LogP contribution in [0.2, 0.25) is 5.02 Å². The summed E-state index contributed by atoms with van der Waals surface area (Å²) in [5.74, 6) is -5.01. The molecule has 0 fully saturated rings. The van der Waals surface area contributed by atoms with Crippen molar-refractivity contribution < 1.29 is 18.0 Å². The van der Waals surface area contributed by atoms with Crippen LogP contribution in [0.3, 0.4) is 0 Å². The number of carbonyl (C=O) groups excluding carboxylic acids is 1. The molecule has 1 aromatic heterocycles. The summed E-state index contributed by atoms with van der Waals surface area (Å²) in [5.41, 5.74) is 5.42. The number of amides is 1. The Labute approximate surface area is 151 Å². The molecule has 0 aliphatic rings. The average Bonchev–Trinajstić information content (AvgIpc) is 3.00. The molecule has 2 aromatic carbocycles. The van der Waals surface area contributed by atoms with Crippen LogP contribution in [0.4, 0.5) is 18.9 Å². The van der Waals surface area contributed by atoms with Gasteiger partial charge in [0.15, 0.2) is 17.5 Å². The van der Waals surface area contributed by atoms with Gasteiger partial charge in [0.25, 0.3) is 5.91 Å². The van der Waals surface area contributed by atoms with Gasteiger partial charge in [-0.2, -0.15) is 5.10 Å². The molecular weight excluding hydrogens is 369 g/mol. The van der Waals surface area contributed by atoms with Crippen molar-refractivity contribution in [2.24, 2.45) is 0 Å². The zero-order chi connectivity index (χ0) is 18.8. The third kappa shape index (κ3) is 3.36. The monoisotopic (exact) mass is 380 g/mol. The van der Waals surface area contributed by atoms with E-state index in [9.17, 15) is 18.0 Å². The van der Waals surface area contributed by atoms with Gasteiger partial charge in [-0.3, -0.25) is 15.6 Å². The Hall–Kier alpha value is -3.00. The molecule has 1 heterocycles. The highest BCUT2D eigenvalue weighted by molar-refractivity contribution is 6.30. The minimum atomic E-state index is -1.63. The third-order valence-corrected chi connectivity index (χ3v) is 3.89. The molecule has 0 atom stereocenters. The summed E-state index contributed by atoms with van der Waals surface area (Å²) in [5, 5.41) is 4.65. The number of hydrazine groups is 1. The molecule has 0 aliphatic heterocycles. The minimum absolute atomic E-state index is 0.209. The largest absolute Gasteiger partial charge is 0.295 e. The molecule has 0 radical (unpaired) electrons. The predicted molar refractivity (Wildman–Crippen MR) is 90.7 cm³/mol. The van der Waals surface area contributed by atoms with Crippen LogP contribution in [0.1, 0.15) is 16.1 Å². The van der Waals surface area contributed by atoms with Gasteiger partial charge in [-0.05, 0) is 37.3 Å². The van der Waals surface area contributed by atoms with Gasteiger partial charge in [0.2, 0.25) is 0 Å². The highest BCUT2D eigenvalue weighted by Gasteiger charge is 2.17. The fraction of sp³-hybridized carbons (Fsp3) is 0.0588. The van der Waals surface area contributed by atoms with E-state index in [1.165, 1.54) is 10.9 Å². The van der Waals surface area contributed by atoms with Crippen LogP contribution < -0.4 is 10.9 Å². The SMILES string of the molecule is Cc1c(C(=O)NNc2ccc(F)c(F)c2F)cnn1-c1cccc(Cl)c1. The van der Waals surface area contributed by atoms with Gasteiger partial charge < -0.3 is 0 Å². The number of benzene rings is 2. The van der Waals surface area contributed by atoms with E-state index < -0.39 is 29.0 Å². The molecule has 0 saturated heterocycles. The van der Waals surface area contributed by atoms with Crippen molar-refractivity contribution >= 4 is 23.2 Å². The van der Waals surface area contributed by atoms with Gasteiger partial charge in [0, 0.05) is 5.02 Å². The maximum atomic E-state index is 13.6. The zero-order valence-electron chi connectivity index (χ0n) is 13.4. The molecule has 2 N–H and O–H groups in total. The minimum Gasteiger partial charge on any atom is -0.295 e. The molecule has 0 bridgehead atoms. The Balaban J connectivity index is 1.78. The normalized spacial score (nSPS) is 10.7. The topological polar surface area (TPSA) is 59.0 Å². The van der Waals surface area contributed by atoms with E-state index in [2.05, 4.69) is 16.0 Å². The van der Waals surface area contributed by atoms with Crippen molar-refractivity contribution in [2.45, 2.75) is 6.92 Å². The van der Waals surface area contributed by atoms with Gasteiger partial charge >= 0.3 is 0 Å². The van der Waals surface area contributed by atoms with Crippen molar-refractivity contribution in [2.75, 3.05) is 5.43 Å². The quantitative estimate of drug-likeness (QED) is 0.531. The fourth-order valence-corrected chi connectivity index (χ4v) is 2.50. The van der Waals surface area contributed by atoms with E-state index in [1.54, 1.807) is 31.2 Å². The smallest absolute Gasteiger partial charge is 0.273 e. The van der Waals surface area contributed by atoms with Crippen LogP contribution >= 0.6 is 11.6 Å². The first-order valence-corrected chi connectivity index (χ1v) is 7.76. The van der Waals surface area contributed by atoms with Gasteiger partial charge in [0.1, 0.15) is 0 Å². The number of hydrogen-bond acceptors (Lipinski definition) is 3. The zero-order valence-corrected chi connectivity index (χ0v) is 14.1. The maximum Gasteiger partial charge on any atom is 0.273 e. The number of aromatic nitrogens is 2. The number of nitrogens with one attached hydrogen (secondary N) is 2. The molecule has 134 valence electrons. The van der Waals surface area contributed by atoms with Crippen molar-refractivity contribution in [1.29, 1.82) is 0 Å². The summed E-state index contributed by atoms with van der Waals surface area (Å²) >= 11 is 5.95. The van der Waals surface area contributed by atoms with Crippen molar-refractivity contribution in [1.82, 2.24) is 15.2 Å². The lowest BCUT2D eigenvalue weighted by atomic mass is 10.2.